The molecule has 1 amide bonds. The number of ether oxygens (including phenoxy) is 2. The highest BCUT2D eigenvalue weighted by Crippen LogP contribution is 2.17. The summed E-state index contributed by atoms with van der Waals surface area (Å²) in [6, 6.07) is 16.5. The van der Waals surface area contributed by atoms with Crippen LogP contribution in [0.15, 0.2) is 48.5 Å². The summed E-state index contributed by atoms with van der Waals surface area (Å²) >= 11 is 0. The van der Waals surface area contributed by atoms with Crippen molar-refractivity contribution in [1.29, 1.82) is 0 Å². The van der Waals surface area contributed by atoms with Crippen LogP contribution in [0.25, 0.3) is 0 Å². The number of carbonyl (C=O) groups is 1. The number of amides is 1. The normalized spacial score (nSPS) is 15.6. The van der Waals surface area contributed by atoms with E-state index in [1.165, 1.54) is 16.2 Å². The predicted octanol–water partition coefficient (Wildman–Crippen LogP) is 1.21. The fraction of sp³-hybridized carbons (Fsp3) is 0.435. The zero-order chi connectivity index (χ0) is 20.6. The molecule has 0 saturated carbocycles. The number of nitrogens with one attached hydrogen (secondary N) is 2. The quantitative estimate of drug-likeness (QED) is 0.702. The first kappa shape index (κ1) is 21.1. The first-order chi connectivity index (χ1) is 14.0. The van der Waals surface area contributed by atoms with Crippen molar-refractivity contribution in [2.24, 2.45) is 0 Å². The predicted molar refractivity (Wildman–Crippen MR) is 115 cm³/mol. The second kappa shape index (κ2) is 10.3. The van der Waals surface area contributed by atoms with E-state index in [9.17, 15) is 4.79 Å². The van der Waals surface area contributed by atoms with Gasteiger partial charge in [-0.1, -0.05) is 30.3 Å². The molecule has 2 aromatic rings. The molecule has 3 rings (SSSR count). The van der Waals surface area contributed by atoms with Gasteiger partial charge in [-0.05, 0) is 30.7 Å². The van der Waals surface area contributed by atoms with E-state index < -0.39 is 0 Å². The summed E-state index contributed by atoms with van der Waals surface area (Å²) in [5.74, 6) is 0.646. The molecule has 6 heteroatoms. The van der Waals surface area contributed by atoms with Gasteiger partial charge in [0.15, 0.2) is 6.61 Å². The van der Waals surface area contributed by atoms with Crippen LogP contribution < -0.4 is 19.9 Å². The number of hydrogen-bond donors (Lipinski definition) is 2. The van der Waals surface area contributed by atoms with Crippen LogP contribution in [-0.4, -0.2) is 59.5 Å². The van der Waals surface area contributed by atoms with Gasteiger partial charge >= 0.3 is 0 Å². The first-order valence-corrected chi connectivity index (χ1v) is 10.2. The van der Waals surface area contributed by atoms with Crippen molar-refractivity contribution in [3.63, 3.8) is 0 Å². The molecule has 6 nitrogen and oxygen atoms in total. The highest BCUT2D eigenvalue weighted by atomic mass is 16.5. The van der Waals surface area contributed by atoms with E-state index >= 15 is 0 Å². The van der Waals surface area contributed by atoms with E-state index in [4.69, 9.17) is 9.47 Å². The van der Waals surface area contributed by atoms with E-state index in [0.29, 0.717) is 6.54 Å². The largest absolute Gasteiger partial charge is 0.484 e. The Morgan fingerprint density at radius 2 is 1.83 bits per heavy atom. The van der Waals surface area contributed by atoms with Crippen LogP contribution in [0.2, 0.25) is 0 Å². The second-order valence-corrected chi connectivity index (χ2v) is 7.67. The molecule has 0 unspecified atom stereocenters. The summed E-state index contributed by atoms with van der Waals surface area (Å²) in [7, 11) is 4.07. The van der Waals surface area contributed by atoms with Crippen LogP contribution in [0.3, 0.4) is 0 Å². The maximum absolute atomic E-state index is 12.4. The van der Waals surface area contributed by atoms with Gasteiger partial charge in [-0.3, -0.25) is 4.79 Å². The van der Waals surface area contributed by atoms with Crippen molar-refractivity contribution >= 4 is 11.6 Å². The van der Waals surface area contributed by atoms with Crippen molar-refractivity contribution in [3.8, 4) is 5.75 Å². The van der Waals surface area contributed by atoms with Gasteiger partial charge in [0.2, 0.25) is 0 Å². The molecular formula is C23H32N3O3+. The van der Waals surface area contributed by atoms with Crippen LogP contribution >= 0.6 is 0 Å². The summed E-state index contributed by atoms with van der Waals surface area (Å²) in [4.78, 5) is 15.9. The van der Waals surface area contributed by atoms with Crippen molar-refractivity contribution in [2.45, 2.75) is 13.0 Å². The smallest absolute Gasteiger partial charge is 0.258 e. The van der Waals surface area contributed by atoms with Gasteiger partial charge in [0.05, 0.1) is 19.8 Å². The number of benzene rings is 2. The van der Waals surface area contributed by atoms with E-state index in [1.807, 2.05) is 45.3 Å². The molecule has 0 spiro atoms. The molecule has 0 bridgehead atoms. The average molecular weight is 399 g/mol. The molecule has 1 heterocycles. The molecule has 156 valence electrons. The minimum atomic E-state index is -0.101. The zero-order valence-corrected chi connectivity index (χ0v) is 17.6. The third kappa shape index (κ3) is 5.95. The Hall–Kier alpha value is -2.57. The lowest BCUT2D eigenvalue weighted by Crippen LogP contribution is -3.15. The standard InChI is InChI=1S/C23H31N3O3/c1-18-6-4-5-7-22(18)29-17-23(27)24-16-21(26-12-14-28-15-13-26)19-8-10-20(11-9-19)25(2)3/h4-11,21H,12-17H2,1-3H3,(H,24,27)/p+1/t21-/m1/s1. The molecule has 0 radical (unpaired) electrons. The van der Waals surface area contributed by atoms with Crippen LogP contribution in [0.5, 0.6) is 5.75 Å². The molecule has 2 N–H and O–H groups in total. The molecule has 1 aliphatic heterocycles. The van der Waals surface area contributed by atoms with Gasteiger partial charge in [-0.2, -0.15) is 0 Å². The number of aryl methyl sites for hydroxylation is 1. The van der Waals surface area contributed by atoms with Crippen molar-refractivity contribution in [2.75, 3.05) is 58.5 Å². The lowest BCUT2D eigenvalue weighted by molar-refractivity contribution is -0.937. The van der Waals surface area contributed by atoms with Crippen molar-refractivity contribution in [1.82, 2.24) is 5.32 Å². The Bertz CT molecular complexity index is 786. The molecule has 1 atom stereocenters. The molecular weight excluding hydrogens is 366 g/mol. The van der Waals surface area contributed by atoms with E-state index in [1.54, 1.807) is 0 Å². The summed E-state index contributed by atoms with van der Waals surface area (Å²) in [5.41, 5.74) is 3.42. The van der Waals surface area contributed by atoms with Crippen LogP contribution in [0.1, 0.15) is 17.2 Å². The monoisotopic (exact) mass is 398 g/mol. The van der Waals surface area contributed by atoms with Crippen molar-refractivity contribution in [3.05, 3.63) is 59.7 Å². The van der Waals surface area contributed by atoms with Gasteiger partial charge in [-0.25, -0.2) is 0 Å². The number of morpholine rings is 1. The Labute approximate surface area is 173 Å². The molecule has 0 aromatic heterocycles. The lowest BCUT2D eigenvalue weighted by atomic mass is 10.0. The fourth-order valence-corrected chi connectivity index (χ4v) is 3.61. The molecule has 1 saturated heterocycles. The lowest BCUT2D eigenvalue weighted by Gasteiger charge is -2.32. The topological polar surface area (TPSA) is 55.2 Å². The van der Waals surface area contributed by atoms with Crippen LogP contribution in [0, 0.1) is 6.92 Å². The molecule has 1 fully saturated rings. The number of quaternary nitrogens is 1. The third-order valence-corrected chi connectivity index (χ3v) is 5.40. The number of nitrogens with zero attached hydrogens (tertiary/aromatic N) is 1. The van der Waals surface area contributed by atoms with Crippen molar-refractivity contribution < 1.29 is 19.2 Å². The summed E-state index contributed by atoms with van der Waals surface area (Å²) in [5, 5.41) is 3.07. The van der Waals surface area contributed by atoms with Gasteiger partial charge < -0.3 is 24.6 Å². The maximum Gasteiger partial charge on any atom is 0.258 e. The molecule has 1 aliphatic rings. The minimum Gasteiger partial charge on any atom is -0.484 e. The SMILES string of the molecule is Cc1ccccc1OCC(=O)NC[C@H](c1ccc(N(C)C)cc1)[NH+]1CCOCC1. The maximum atomic E-state index is 12.4. The first-order valence-electron chi connectivity index (χ1n) is 10.2. The minimum absolute atomic E-state index is 0.0234. The van der Waals surface area contributed by atoms with Gasteiger partial charge in [0.1, 0.15) is 24.9 Å². The zero-order valence-electron chi connectivity index (χ0n) is 17.6. The van der Waals surface area contributed by atoms with Gasteiger partial charge in [0, 0.05) is 25.3 Å². The Balaban J connectivity index is 1.62. The van der Waals surface area contributed by atoms with Gasteiger partial charge in [0.25, 0.3) is 5.91 Å². The second-order valence-electron chi connectivity index (χ2n) is 7.67. The summed E-state index contributed by atoms with van der Waals surface area (Å²) in [6.45, 7) is 5.97. The highest BCUT2D eigenvalue weighted by molar-refractivity contribution is 5.77. The van der Waals surface area contributed by atoms with E-state index in [-0.39, 0.29) is 18.6 Å². The Morgan fingerprint density at radius 1 is 1.14 bits per heavy atom. The molecule has 0 aliphatic carbocycles. The van der Waals surface area contributed by atoms with Gasteiger partial charge in [-0.15, -0.1) is 0 Å². The number of carbonyl (C=O) groups excluding carboxylic acids is 1. The number of anilines is 1. The summed E-state index contributed by atoms with van der Waals surface area (Å²) < 4.78 is 11.2. The average Bonchev–Trinajstić information content (AvgIpc) is 2.74. The highest BCUT2D eigenvalue weighted by Gasteiger charge is 2.27. The number of rotatable bonds is 8. The van der Waals surface area contributed by atoms with E-state index in [2.05, 4.69) is 34.5 Å². The van der Waals surface area contributed by atoms with Crippen LogP contribution in [0.4, 0.5) is 5.69 Å². The fourth-order valence-electron chi connectivity index (χ4n) is 3.61. The number of para-hydroxylation sites is 1. The third-order valence-electron chi connectivity index (χ3n) is 5.40. The molecule has 29 heavy (non-hydrogen) atoms. The summed E-state index contributed by atoms with van der Waals surface area (Å²) in [6.07, 6.45) is 0. The van der Waals surface area contributed by atoms with E-state index in [0.717, 1.165) is 37.6 Å². The molecule has 2 aromatic carbocycles. The Morgan fingerprint density at radius 3 is 2.48 bits per heavy atom. The number of hydrogen-bond acceptors (Lipinski definition) is 4. The van der Waals surface area contributed by atoms with Crippen LogP contribution in [-0.2, 0) is 9.53 Å². The Kier molecular flexibility index (Phi) is 7.49.